The molecule has 1 N–H and O–H groups in total. The predicted octanol–water partition coefficient (Wildman–Crippen LogP) is 4.40. The molecule has 2 aromatic carbocycles. The van der Waals surface area contributed by atoms with Crippen LogP contribution in [-0.2, 0) is 26.7 Å². The van der Waals surface area contributed by atoms with Gasteiger partial charge in [-0.05, 0) is 61.1 Å². The van der Waals surface area contributed by atoms with Crippen molar-refractivity contribution in [3.8, 4) is 0 Å². The van der Waals surface area contributed by atoms with Crippen molar-refractivity contribution in [2.75, 3.05) is 0 Å². The summed E-state index contributed by atoms with van der Waals surface area (Å²) in [7, 11) is -4.08. The molecule has 138 valence electrons. The molecule has 0 heterocycles. The van der Waals surface area contributed by atoms with Gasteiger partial charge in [0.2, 0.25) is 5.91 Å². The van der Waals surface area contributed by atoms with Crippen molar-refractivity contribution in [3.63, 3.8) is 0 Å². The van der Waals surface area contributed by atoms with Gasteiger partial charge in [0.25, 0.3) is 10.0 Å². The molecule has 1 unspecified atom stereocenters. The monoisotopic (exact) mass is 411 g/mol. The molecular formula is C19H19Cl2NO3S. The SMILES string of the molecule is CCC1(C(=O)NS(=O)(=O)c2cc(C)ccc2Cl)CCc2c(Cl)cccc21. The number of nitrogens with one attached hydrogen (secondary N) is 1. The number of sulfonamides is 1. The highest BCUT2D eigenvalue weighted by molar-refractivity contribution is 7.90. The highest BCUT2D eigenvalue weighted by atomic mass is 35.5. The molecule has 0 bridgehead atoms. The molecule has 0 radical (unpaired) electrons. The Morgan fingerprint density at radius 3 is 2.62 bits per heavy atom. The lowest BCUT2D eigenvalue weighted by Gasteiger charge is -2.27. The summed E-state index contributed by atoms with van der Waals surface area (Å²) in [6.07, 6.45) is 1.64. The van der Waals surface area contributed by atoms with Gasteiger partial charge in [0.05, 0.1) is 10.4 Å². The zero-order chi connectivity index (χ0) is 19.1. The number of benzene rings is 2. The van der Waals surface area contributed by atoms with Gasteiger partial charge in [-0.1, -0.05) is 48.3 Å². The molecule has 26 heavy (non-hydrogen) atoms. The molecular weight excluding hydrogens is 393 g/mol. The number of hydrogen-bond acceptors (Lipinski definition) is 3. The highest BCUT2D eigenvalue weighted by Gasteiger charge is 2.45. The van der Waals surface area contributed by atoms with Gasteiger partial charge in [0.15, 0.2) is 0 Å². The minimum atomic E-state index is -4.08. The molecule has 1 atom stereocenters. The summed E-state index contributed by atoms with van der Waals surface area (Å²) in [6.45, 7) is 3.64. The standard InChI is InChI=1S/C19H19Cl2NO3S/c1-3-19(10-9-13-14(19)5-4-6-15(13)20)18(23)22-26(24,25)17-11-12(2)7-8-16(17)21/h4-8,11H,3,9-10H2,1-2H3,(H,22,23). The molecule has 1 aliphatic carbocycles. The second kappa shape index (κ2) is 6.87. The molecule has 4 nitrogen and oxygen atoms in total. The lowest BCUT2D eigenvalue weighted by atomic mass is 9.79. The van der Waals surface area contributed by atoms with Crippen LogP contribution < -0.4 is 4.72 Å². The van der Waals surface area contributed by atoms with E-state index in [2.05, 4.69) is 4.72 Å². The molecule has 1 amide bonds. The highest BCUT2D eigenvalue weighted by Crippen LogP contribution is 2.44. The first-order valence-corrected chi connectivity index (χ1v) is 10.6. The van der Waals surface area contributed by atoms with Crippen molar-refractivity contribution in [3.05, 3.63) is 63.1 Å². The Kier molecular flexibility index (Phi) is 5.08. The summed E-state index contributed by atoms with van der Waals surface area (Å²) in [5.74, 6) is -0.543. The molecule has 0 aromatic heterocycles. The number of amides is 1. The first kappa shape index (κ1) is 19.2. The van der Waals surface area contributed by atoms with E-state index < -0.39 is 21.3 Å². The molecule has 3 rings (SSSR count). The van der Waals surface area contributed by atoms with Crippen LogP contribution in [0.1, 0.15) is 36.5 Å². The number of aryl methyl sites for hydroxylation is 1. The summed E-state index contributed by atoms with van der Waals surface area (Å²) >= 11 is 12.3. The Labute approximate surface area is 163 Å². The Morgan fingerprint density at radius 1 is 1.19 bits per heavy atom. The van der Waals surface area contributed by atoms with Crippen LogP contribution in [0.3, 0.4) is 0 Å². The van der Waals surface area contributed by atoms with E-state index >= 15 is 0 Å². The van der Waals surface area contributed by atoms with Crippen LogP contribution in [0.5, 0.6) is 0 Å². The van der Waals surface area contributed by atoms with E-state index in [1.165, 1.54) is 12.1 Å². The first-order valence-electron chi connectivity index (χ1n) is 8.32. The van der Waals surface area contributed by atoms with Gasteiger partial charge in [0, 0.05) is 5.02 Å². The largest absolute Gasteiger partial charge is 0.273 e. The maximum absolute atomic E-state index is 13.1. The summed E-state index contributed by atoms with van der Waals surface area (Å²) in [5.41, 5.74) is 1.54. The van der Waals surface area contributed by atoms with Gasteiger partial charge in [0.1, 0.15) is 4.90 Å². The number of halogens is 2. The summed E-state index contributed by atoms with van der Waals surface area (Å²) in [5, 5.41) is 0.687. The number of rotatable bonds is 4. The predicted molar refractivity (Wildman–Crippen MR) is 103 cm³/mol. The third-order valence-electron chi connectivity index (χ3n) is 5.08. The number of fused-ring (bicyclic) bond motifs is 1. The van der Waals surface area contributed by atoms with Crippen molar-refractivity contribution in [1.29, 1.82) is 0 Å². The van der Waals surface area contributed by atoms with Crippen LogP contribution in [0.15, 0.2) is 41.3 Å². The van der Waals surface area contributed by atoms with Gasteiger partial charge < -0.3 is 0 Å². The normalized spacial score (nSPS) is 19.2. The quantitative estimate of drug-likeness (QED) is 0.810. The zero-order valence-corrected chi connectivity index (χ0v) is 16.8. The molecule has 2 aromatic rings. The number of carbonyl (C=O) groups excluding carboxylic acids is 1. The van der Waals surface area contributed by atoms with E-state index in [4.69, 9.17) is 23.2 Å². The number of carbonyl (C=O) groups is 1. The lowest BCUT2D eigenvalue weighted by molar-refractivity contribution is -0.125. The van der Waals surface area contributed by atoms with Crippen molar-refractivity contribution < 1.29 is 13.2 Å². The molecule has 7 heteroatoms. The second-order valence-corrected chi connectivity index (χ2v) is 9.04. The summed E-state index contributed by atoms with van der Waals surface area (Å²) in [6, 6.07) is 10.1. The van der Waals surface area contributed by atoms with Gasteiger partial charge in [-0.15, -0.1) is 0 Å². The molecule has 0 aliphatic heterocycles. The van der Waals surface area contributed by atoms with Crippen LogP contribution in [-0.4, -0.2) is 14.3 Å². The topological polar surface area (TPSA) is 63.2 Å². The van der Waals surface area contributed by atoms with Gasteiger partial charge in [-0.25, -0.2) is 13.1 Å². The van der Waals surface area contributed by atoms with Crippen LogP contribution in [0.2, 0.25) is 10.0 Å². The van der Waals surface area contributed by atoms with Crippen molar-refractivity contribution >= 4 is 39.1 Å². The lowest BCUT2D eigenvalue weighted by Crippen LogP contribution is -2.45. The zero-order valence-electron chi connectivity index (χ0n) is 14.5. The molecule has 0 spiro atoms. The molecule has 0 saturated carbocycles. The van der Waals surface area contributed by atoms with E-state index in [1.54, 1.807) is 25.1 Å². The second-order valence-electron chi connectivity index (χ2n) is 6.57. The van der Waals surface area contributed by atoms with Crippen LogP contribution in [0, 0.1) is 6.92 Å². The van der Waals surface area contributed by atoms with E-state index in [1.807, 2.05) is 13.0 Å². The summed E-state index contributed by atoms with van der Waals surface area (Å²) in [4.78, 5) is 13.0. The van der Waals surface area contributed by atoms with Crippen molar-refractivity contribution in [2.24, 2.45) is 0 Å². The first-order chi connectivity index (χ1) is 12.2. The maximum Gasteiger partial charge on any atom is 0.265 e. The fraction of sp³-hybridized carbons (Fsp3) is 0.316. The Balaban J connectivity index is 2.00. The average molecular weight is 412 g/mol. The average Bonchev–Trinajstić information content (AvgIpc) is 2.98. The van der Waals surface area contributed by atoms with E-state index in [0.29, 0.717) is 24.3 Å². The van der Waals surface area contributed by atoms with Gasteiger partial charge >= 0.3 is 0 Å². The molecule has 0 saturated heterocycles. The Morgan fingerprint density at radius 2 is 1.92 bits per heavy atom. The third kappa shape index (κ3) is 3.13. The maximum atomic E-state index is 13.1. The Bertz CT molecular complexity index is 988. The Hall–Kier alpha value is -1.56. The van der Waals surface area contributed by atoms with E-state index in [9.17, 15) is 13.2 Å². The minimum absolute atomic E-state index is 0.0799. The fourth-order valence-corrected chi connectivity index (χ4v) is 5.50. The van der Waals surface area contributed by atoms with Gasteiger partial charge in [-0.3, -0.25) is 4.79 Å². The fourth-order valence-electron chi connectivity index (χ4n) is 3.59. The van der Waals surface area contributed by atoms with Crippen LogP contribution in [0.4, 0.5) is 0 Å². The smallest absolute Gasteiger partial charge is 0.265 e. The van der Waals surface area contributed by atoms with E-state index in [-0.39, 0.29) is 9.92 Å². The van der Waals surface area contributed by atoms with E-state index in [0.717, 1.165) is 16.7 Å². The van der Waals surface area contributed by atoms with Crippen LogP contribution in [0.25, 0.3) is 0 Å². The minimum Gasteiger partial charge on any atom is -0.273 e. The number of hydrogen-bond donors (Lipinski definition) is 1. The summed E-state index contributed by atoms with van der Waals surface area (Å²) < 4.78 is 27.8. The molecule has 0 fully saturated rings. The van der Waals surface area contributed by atoms with Crippen LogP contribution >= 0.6 is 23.2 Å². The van der Waals surface area contributed by atoms with Crippen molar-refractivity contribution in [2.45, 2.75) is 43.4 Å². The van der Waals surface area contributed by atoms with Gasteiger partial charge in [-0.2, -0.15) is 0 Å². The van der Waals surface area contributed by atoms with Crippen molar-refractivity contribution in [1.82, 2.24) is 4.72 Å². The molecule has 1 aliphatic rings. The third-order valence-corrected chi connectivity index (χ3v) is 7.24.